The van der Waals surface area contributed by atoms with Gasteiger partial charge in [0, 0.05) is 39.0 Å². The number of aliphatic hydroxyl groups is 1. The molecule has 1 unspecified atom stereocenters. The number of amides is 2. The number of nitrogens with one attached hydrogen (secondary N) is 2. The SMILES string of the molecule is CN1CCCNc2ncnc3c2C(C=Nc2cccc(c2)OCCN(C)[C@H](CO)C1=O)C(=O)N3. The lowest BCUT2D eigenvalue weighted by Gasteiger charge is -2.29. The molecule has 2 atom stereocenters. The van der Waals surface area contributed by atoms with Crippen molar-refractivity contribution in [2.75, 3.05) is 57.6 Å². The first-order valence-electron chi connectivity index (χ1n) is 11.2. The van der Waals surface area contributed by atoms with Crippen LogP contribution in [0.5, 0.6) is 5.75 Å². The van der Waals surface area contributed by atoms with Crippen LogP contribution in [0.15, 0.2) is 35.6 Å². The molecule has 0 spiro atoms. The van der Waals surface area contributed by atoms with Gasteiger partial charge in [-0.3, -0.25) is 19.5 Å². The van der Waals surface area contributed by atoms with Gasteiger partial charge in [-0.15, -0.1) is 0 Å². The van der Waals surface area contributed by atoms with E-state index in [9.17, 15) is 14.7 Å². The van der Waals surface area contributed by atoms with E-state index in [0.29, 0.717) is 61.3 Å². The highest BCUT2D eigenvalue weighted by Crippen LogP contribution is 2.34. The van der Waals surface area contributed by atoms with Crippen LogP contribution < -0.4 is 15.4 Å². The molecular formula is C23H29N7O4. The lowest BCUT2D eigenvalue weighted by Crippen LogP contribution is -2.49. The minimum atomic E-state index is -0.650. The first-order valence-corrected chi connectivity index (χ1v) is 11.2. The standard InChI is InChI=1S/C23H29N7O4/c1-29-9-10-34-16-6-3-5-15(11-16)25-12-17-19-20(26-14-27-21(19)28-22(17)32)24-7-4-8-30(2)23(33)18(29)13-31/h3,5-6,11-12,14,17-18,31H,4,7-10,13H2,1-2H3,(H2,24,26,27,28,32)/t17?,18-/m1/s1. The van der Waals surface area contributed by atoms with Gasteiger partial charge in [0.25, 0.3) is 0 Å². The fourth-order valence-electron chi connectivity index (χ4n) is 3.97. The van der Waals surface area contributed by atoms with Crippen LogP contribution in [0.1, 0.15) is 17.9 Å². The number of fused-ring (bicyclic) bond motifs is 2. The highest BCUT2D eigenvalue weighted by Gasteiger charge is 2.34. The molecule has 180 valence electrons. The number of rotatable bonds is 1. The summed E-state index contributed by atoms with van der Waals surface area (Å²) in [6.07, 6.45) is 3.64. The van der Waals surface area contributed by atoms with Gasteiger partial charge in [-0.1, -0.05) is 6.07 Å². The monoisotopic (exact) mass is 467 g/mol. The maximum atomic E-state index is 12.9. The van der Waals surface area contributed by atoms with Gasteiger partial charge in [0.1, 0.15) is 42.3 Å². The third-order valence-corrected chi connectivity index (χ3v) is 5.95. The number of carbonyl (C=O) groups excluding carboxylic acids is 2. The number of nitrogens with zero attached hydrogens (tertiary/aromatic N) is 5. The zero-order chi connectivity index (χ0) is 24.1. The van der Waals surface area contributed by atoms with Gasteiger partial charge >= 0.3 is 0 Å². The summed E-state index contributed by atoms with van der Waals surface area (Å²) in [5.41, 5.74) is 1.29. The van der Waals surface area contributed by atoms with Gasteiger partial charge in [0.2, 0.25) is 11.8 Å². The van der Waals surface area contributed by atoms with Crippen molar-refractivity contribution in [1.82, 2.24) is 19.8 Å². The Balaban J connectivity index is 1.62. The second-order valence-corrected chi connectivity index (χ2v) is 8.29. The molecule has 0 radical (unpaired) electrons. The minimum Gasteiger partial charge on any atom is -0.492 e. The Morgan fingerprint density at radius 1 is 1.18 bits per heavy atom. The number of aliphatic imine (C=N–C) groups is 1. The van der Waals surface area contributed by atoms with E-state index in [4.69, 9.17) is 4.74 Å². The van der Waals surface area contributed by atoms with Crippen LogP contribution >= 0.6 is 0 Å². The Morgan fingerprint density at radius 2 is 2.00 bits per heavy atom. The van der Waals surface area contributed by atoms with Crippen molar-refractivity contribution in [2.24, 2.45) is 4.99 Å². The van der Waals surface area contributed by atoms with Crippen LogP contribution in [0.3, 0.4) is 0 Å². The van der Waals surface area contributed by atoms with E-state index in [1.807, 2.05) is 18.2 Å². The van der Waals surface area contributed by atoms with Crippen molar-refractivity contribution < 1.29 is 19.4 Å². The number of ether oxygens (including phenoxy) is 1. The third-order valence-electron chi connectivity index (χ3n) is 5.95. The van der Waals surface area contributed by atoms with E-state index in [1.165, 1.54) is 6.33 Å². The number of likely N-dealkylation sites (N-methyl/N-ethyl adjacent to an activating group) is 2. The van der Waals surface area contributed by atoms with Crippen LogP contribution in [-0.2, 0) is 9.59 Å². The van der Waals surface area contributed by atoms with Gasteiger partial charge in [-0.25, -0.2) is 9.97 Å². The Bertz CT molecular complexity index is 1080. The summed E-state index contributed by atoms with van der Waals surface area (Å²) in [4.78, 5) is 41.9. The molecule has 1 aromatic carbocycles. The number of hydrogen-bond donors (Lipinski definition) is 3. The van der Waals surface area contributed by atoms with Gasteiger partial charge in [-0.2, -0.15) is 0 Å². The van der Waals surface area contributed by atoms with Gasteiger partial charge in [0.05, 0.1) is 17.9 Å². The van der Waals surface area contributed by atoms with Crippen molar-refractivity contribution >= 4 is 35.4 Å². The molecule has 0 saturated carbocycles. The molecule has 4 rings (SSSR count). The Kier molecular flexibility index (Phi) is 7.33. The predicted molar refractivity (Wildman–Crippen MR) is 128 cm³/mol. The molecule has 0 aliphatic carbocycles. The zero-order valence-corrected chi connectivity index (χ0v) is 19.3. The molecule has 11 heteroatoms. The summed E-state index contributed by atoms with van der Waals surface area (Å²) in [5.74, 6) is 0.625. The topological polar surface area (TPSA) is 132 Å². The molecule has 34 heavy (non-hydrogen) atoms. The maximum Gasteiger partial charge on any atom is 0.242 e. The molecule has 3 N–H and O–H groups in total. The number of hydrogen-bond acceptors (Lipinski definition) is 9. The molecule has 3 heterocycles. The minimum absolute atomic E-state index is 0.156. The molecule has 2 aliphatic heterocycles. The molecule has 0 saturated heterocycles. The highest BCUT2D eigenvalue weighted by atomic mass is 16.5. The lowest BCUT2D eigenvalue weighted by atomic mass is 10.0. The van der Waals surface area contributed by atoms with Gasteiger partial charge < -0.3 is 25.4 Å². The molecule has 2 aliphatic rings. The van der Waals surface area contributed by atoms with Crippen LogP contribution in [0, 0.1) is 0 Å². The Labute approximate surface area is 197 Å². The number of anilines is 2. The molecule has 2 amide bonds. The zero-order valence-electron chi connectivity index (χ0n) is 19.3. The normalized spacial score (nSPS) is 22.0. The Hall–Kier alpha value is -3.57. The van der Waals surface area contributed by atoms with Crippen LogP contribution in [-0.4, -0.2) is 95.9 Å². The molecule has 2 aromatic rings. The Morgan fingerprint density at radius 3 is 2.82 bits per heavy atom. The number of benzene rings is 1. The summed E-state index contributed by atoms with van der Waals surface area (Å²) in [6.45, 7) is 1.54. The van der Waals surface area contributed by atoms with Gasteiger partial charge in [0.15, 0.2) is 0 Å². The van der Waals surface area contributed by atoms with Crippen molar-refractivity contribution in [2.45, 2.75) is 18.4 Å². The summed E-state index contributed by atoms with van der Waals surface area (Å²) >= 11 is 0. The smallest absolute Gasteiger partial charge is 0.242 e. The first-order chi connectivity index (χ1) is 16.5. The lowest BCUT2D eigenvalue weighted by molar-refractivity contribution is -0.136. The number of aromatic nitrogens is 2. The van der Waals surface area contributed by atoms with E-state index in [-0.39, 0.29) is 18.4 Å². The molecule has 0 fully saturated rings. The van der Waals surface area contributed by atoms with E-state index in [0.717, 1.165) is 0 Å². The first kappa shape index (κ1) is 23.6. The van der Waals surface area contributed by atoms with E-state index < -0.39 is 12.0 Å². The molecular weight excluding hydrogens is 438 g/mol. The van der Waals surface area contributed by atoms with Crippen molar-refractivity contribution in [3.63, 3.8) is 0 Å². The molecule has 1 aromatic heterocycles. The van der Waals surface area contributed by atoms with Gasteiger partial charge in [-0.05, 0) is 25.6 Å². The fourth-order valence-corrected chi connectivity index (χ4v) is 3.97. The maximum absolute atomic E-state index is 12.9. The van der Waals surface area contributed by atoms with Crippen molar-refractivity contribution in [3.8, 4) is 5.75 Å². The van der Waals surface area contributed by atoms with Crippen molar-refractivity contribution in [1.29, 1.82) is 0 Å². The molecule has 2 bridgehead atoms. The quantitative estimate of drug-likeness (QED) is 0.563. The van der Waals surface area contributed by atoms with E-state index in [2.05, 4.69) is 25.6 Å². The average molecular weight is 468 g/mol. The van der Waals surface area contributed by atoms with E-state index in [1.54, 1.807) is 36.2 Å². The number of aliphatic hydroxyl groups excluding tert-OH is 1. The second-order valence-electron chi connectivity index (χ2n) is 8.29. The van der Waals surface area contributed by atoms with Crippen LogP contribution in [0.2, 0.25) is 0 Å². The third kappa shape index (κ3) is 5.15. The fraction of sp³-hybridized carbons (Fsp3) is 0.435. The average Bonchev–Trinajstić information content (AvgIpc) is 3.16. The predicted octanol–water partition coefficient (Wildman–Crippen LogP) is 0.860. The number of carbonyl (C=O) groups is 2. The highest BCUT2D eigenvalue weighted by molar-refractivity contribution is 6.13. The summed E-state index contributed by atoms with van der Waals surface area (Å²) in [7, 11) is 3.51. The molecule has 11 nitrogen and oxygen atoms in total. The second kappa shape index (κ2) is 10.6. The summed E-state index contributed by atoms with van der Waals surface area (Å²) < 4.78 is 5.85. The van der Waals surface area contributed by atoms with Crippen molar-refractivity contribution in [3.05, 3.63) is 36.2 Å². The van der Waals surface area contributed by atoms with E-state index >= 15 is 0 Å². The summed E-state index contributed by atoms with van der Waals surface area (Å²) in [5, 5.41) is 15.9. The summed E-state index contributed by atoms with van der Waals surface area (Å²) in [6, 6.07) is 6.59. The van der Waals surface area contributed by atoms with Crippen LogP contribution in [0.25, 0.3) is 0 Å². The largest absolute Gasteiger partial charge is 0.492 e. The van der Waals surface area contributed by atoms with Crippen LogP contribution in [0.4, 0.5) is 17.3 Å².